The molecule has 0 heterocycles. The molecular formula is C27H27N3O. The van der Waals surface area contributed by atoms with Crippen molar-refractivity contribution in [1.82, 2.24) is 5.32 Å². The lowest BCUT2D eigenvalue weighted by Crippen LogP contribution is -2.26. The van der Waals surface area contributed by atoms with Crippen molar-refractivity contribution in [2.24, 2.45) is 0 Å². The summed E-state index contributed by atoms with van der Waals surface area (Å²) in [5, 5.41) is 12.3. The highest BCUT2D eigenvalue weighted by Crippen LogP contribution is 2.19. The maximum absolute atomic E-state index is 12.4. The molecule has 0 bridgehead atoms. The van der Waals surface area contributed by atoms with Crippen LogP contribution in [0.4, 0.5) is 5.69 Å². The standard InChI is InChI=1S/C27H27N3O/c1-2-30(21-24-11-7-4-8-12-24)26-15-13-23(14-16-26)19-25(20-28)27(31)29-18-17-22-9-5-3-6-10-22/h3-16,19H,2,17-18,21H2,1H3,(H,29,31)/b25-19+. The van der Waals surface area contributed by atoms with Crippen LogP contribution in [0.5, 0.6) is 0 Å². The van der Waals surface area contributed by atoms with E-state index in [2.05, 4.69) is 29.3 Å². The van der Waals surface area contributed by atoms with E-state index in [0.717, 1.165) is 36.3 Å². The summed E-state index contributed by atoms with van der Waals surface area (Å²) in [5.41, 5.74) is 4.45. The number of carbonyl (C=O) groups excluding carboxylic acids is 1. The summed E-state index contributed by atoms with van der Waals surface area (Å²) in [6.07, 6.45) is 2.36. The maximum atomic E-state index is 12.4. The molecule has 156 valence electrons. The van der Waals surface area contributed by atoms with Gasteiger partial charge in [-0.25, -0.2) is 0 Å². The number of benzene rings is 3. The number of hydrogen-bond donors (Lipinski definition) is 1. The number of anilines is 1. The van der Waals surface area contributed by atoms with E-state index in [-0.39, 0.29) is 11.5 Å². The van der Waals surface area contributed by atoms with Gasteiger partial charge in [0.05, 0.1) is 0 Å². The number of amides is 1. The molecule has 0 fully saturated rings. The van der Waals surface area contributed by atoms with Gasteiger partial charge in [-0.15, -0.1) is 0 Å². The fourth-order valence-corrected chi connectivity index (χ4v) is 3.35. The highest BCUT2D eigenvalue weighted by Gasteiger charge is 2.09. The van der Waals surface area contributed by atoms with Gasteiger partial charge in [-0.05, 0) is 48.2 Å². The minimum absolute atomic E-state index is 0.109. The highest BCUT2D eigenvalue weighted by molar-refractivity contribution is 6.01. The van der Waals surface area contributed by atoms with Crippen LogP contribution in [0.1, 0.15) is 23.6 Å². The zero-order chi connectivity index (χ0) is 21.9. The molecule has 0 radical (unpaired) electrons. The van der Waals surface area contributed by atoms with Crippen molar-refractivity contribution in [1.29, 1.82) is 5.26 Å². The normalized spacial score (nSPS) is 10.9. The van der Waals surface area contributed by atoms with Crippen molar-refractivity contribution in [3.05, 3.63) is 107 Å². The maximum Gasteiger partial charge on any atom is 0.261 e. The van der Waals surface area contributed by atoms with E-state index < -0.39 is 0 Å². The molecule has 0 aromatic heterocycles. The molecule has 0 atom stereocenters. The summed E-state index contributed by atoms with van der Waals surface area (Å²) in [4.78, 5) is 14.7. The van der Waals surface area contributed by atoms with Gasteiger partial charge in [0.15, 0.2) is 0 Å². The molecule has 3 aromatic carbocycles. The van der Waals surface area contributed by atoms with E-state index in [1.54, 1.807) is 6.08 Å². The summed E-state index contributed by atoms with van der Waals surface area (Å²) in [6, 6.07) is 30.3. The second-order valence-corrected chi connectivity index (χ2v) is 7.25. The molecule has 3 rings (SSSR count). The molecule has 0 aliphatic carbocycles. The first kappa shape index (κ1) is 21.9. The second-order valence-electron chi connectivity index (χ2n) is 7.25. The molecule has 31 heavy (non-hydrogen) atoms. The smallest absolute Gasteiger partial charge is 0.261 e. The fourth-order valence-electron chi connectivity index (χ4n) is 3.35. The Hall–Kier alpha value is -3.84. The third-order valence-electron chi connectivity index (χ3n) is 5.07. The summed E-state index contributed by atoms with van der Waals surface area (Å²) in [5.74, 6) is -0.346. The van der Waals surface area contributed by atoms with Crippen LogP contribution in [0.25, 0.3) is 6.08 Å². The summed E-state index contributed by atoms with van der Waals surface area (Å²) in [7, 11) is 0. The van der Waals surface area contributed by atoms with Crippen molar-refractivity contribution in [3.63, 3.8) is 0 Å². The third kappa shape index (κ3) is 6.58. The predicted molar refractivity (Wildman–Crippen MR) is 126 cm³/mol. The number of carbonyl (C=O) groups is 1. The average Bonchev–Trinajstić information content (AvgIpc) is 2.82. The predicted octanol–water partition coefficient (Wildman–Crippen LogP) is 4.98. The molecule has 0 aliphatic heterocycles. The van der Waals surface area contributed by atoms with Gasteiger partial charge < -0.3 is 10.2 Å². The SMILES string of the molecule is CCN(Cc1ccccc1)c1ccc(/C=C(\C#N)C(=O)NCCc2ccccc2)cc1. The van der Waals surface area contributed by atoms with Gasteiger partial charge in [-0.1, -0.05) is 72.8 Å². The van der Waals surface area contributed by atoms with Gasteiger partial charge in [0.1, 0.15) is 11.6 Å². The Morgan fingerprint density at radius 3 is 2.13 bits per heavy atom. The third-order valence-corrected chi connectivity index (χ3v) is 5.07. The first-order valence-corrected chi connectivity index (χ1v) is 10.5. The van der Waals surface area contributed by atoms with E-state index in [9.17, 15) is 10.1 Å². The topological polar surface area (TPSA) is 56.1 Å². The van der Waals surface area contributed by atoms with Crippen LogP contribution in [-0.2, 0) is 17.8 Å². The van der Waals surface area contributed by atoms with Gasteiger partial charge >= 0.3 is 0 Å². The number of rotatable bonds is 9. The van der Waals surface area contributed by atoms with E-state index in [1.807, 2.05) is 78.9 Å². The van der Waals surface area contributed by atoms with Gasteiger partial charge in [0, 0.05) is 25.3 Å². The molecule has 0 unspecified atom stereocenters. The summed E-state index contributed by atoms with van der Waals surface area (Å²) in [6.45, 7) is 4.34. The minimum Gasteiger partial charge on any atom is -0.367 e. The van der Waals surface area contributed by atoms with Gasteiger partial charge in [-0.2, -0.15) is 5.26 Å². The van der Waals surface area contributed by atoms with Crippen LogP contribution in [0.3, 0.4) is 0 Å². The van der Waals surface area contributed by atoms with Gasteiger partial charge in [0.2, 0.25) is 0 Å². The minimum atomic E-state index is -0.346. The molecule has 0 spiro atoms. The van der Waals surface area contributed by atoms with Crippen LogP contribution >= 0.6 is 0 Å². The Labute approximate surface area is 184 Å². The molecule has 4 nitrogen and oxygen atoms in total. The van der Waals surface area contributed by atoms with Crippen LogP contribution in [0, 0.1) is 11.3 Å². The molecule has 1 N–H and O–H groups in total. The van der Waals surface area contributed by atoms with Gasteiger partial charge in [-0.3, -0.25) is 4.79 Å². The lowest BCUT2D eigenvalue weighted by atomic mass is 10.1. The Morgan fingerprint density at radius 1 is 0.935 bits per heavy atom. The summed E-state index contributed by atoms with van der Waals surface area (Å²) < 4.78 is 0. The fraction of sp³-hybridized carbons (Fsp3) is 0.185. The number of nitrogens with zero attached hydrogens (tertiary/aromatic N) is 2. The Bertz CT molecular complexity index is 1040. The van der Waals surface area contributed by atoms with E-state index in [4.69, 9.17) is 0 Å². The van der Waals surface area contributed by atoms with Crippen molar-refractivity contribution in [3.8, 4) is 6.07 Å². The van der Waals surface area contributed by atoms with Crippen LogP contribution in [0.15, 0.2) is 90.5 Å². The highest BCUT2D eigenvalue weighted by atomic mass is 16.1. The monoisotopic (exact) mass is 409 g/mol. The molecule has 3 aromatic rings. The quantitative estimate of drug-likeness (QED) is 0.401. The van der Waals surface area contributed by atoms with Crippen molar-refractivity contribution >= 4 is 17.7 Å². The van der Waals surface area contributed by atoms with E-state index in [1.165, 1.54) is 5.56 Å². The lowest BCUT2D eigenvalue weighted by Gasteiger charge is -2.23. The Morgan fingerprint density at radius 2 is 1.55 bits per heavy atom. The van der Waals surface area contributed by atoms with Crippen molar-refractivity contribution < 1.29 is 4.79 Å². The van der Waals surface area contributed by atoms with Crippen LogP contribution < -0.4 is 10.2 Å². The molecular weight excluding hydrogens is 382 g/mol. The van der Waals surface area contributed by atoms with Crippen LogP contribution in [-0.4, -0.2) is 19.0 Å². The number of nitriles is 1. The molecule has 1 amide bonds. The zero-order valence-electron chi connectivity index (χ0n) is 17.8. The first-order valence-electron chi connectivity index (χ1n) is 10.5. The molecule has 0 saturated carbocycles. The largest absolute Gasteiger partial charge is 0.367 e. The molecule has 0 aliphatic rings. The van der Waals surface area contributed by atoms with Crippen molar-refractivity contribution in [2.45, 2.75) is 19.9 Å². The Balaban J connectivity index is 1.61. The lowest BCUT2D eigenvalue weighted by molar-refractivity contribution is -0.117. The van der Waals surface area contributed by atoms with Crippen LogP contribution in [0.2, 0.25) is 0 Å². The first-order chi connectivity index (χ1) is 15.2. The zero-order valence-corrected chi connectivity index (χ0v) is 17.8. The van der Waals surface area contributed by atoms with E-state index in [0.29, 0.717) is 6.54 Å². The Kier molecular flexibility index (Phi) is 8.02. The summed E-state index contributed by atoms with van der Waals surface area (Å²) >= 11 is 0. The average molecular weight is 410 g/mol. The molecule has 4 heteroatoms. The molecule has 0 saturated heterocycles. The van der Waals surface area contributed by atoms with Gasteiger partial charge in [0.25, 0.3) is 5.91 Å². The second kappa shape index (κ2) is 11.4. The number of nitrogens with one attached hydrogen (secondary N) is 1. The van der Waals surface area contributed by atoms with Crippen molar-refractivity contribution in [2.75, 3.05) is 18.0 Å². The van der Waals surface area contributed by atoms with E-state index >= 15 is 0 Å². The number of hydrogen-bond acceptors (Lipinski definition) is 3.